The first-order valence-electron chi connectivity index (χ1n) is 7.04. The molecular weight excluding hydrogens is 254 g/mol. The van der Waals surface area contributed by atoms with E-state index in [4.69, 9.17) is 15.0 Å². The van der Waals surface area contributed by atoms with Gasteiger partial charge in [-0.1, -0.05) is 17.3 Å². The van der Waals surface area contributed by atoms with Crippen molar-refractivity contribution in [3.63, 3.8) is 0 Å². The van der Waals surface area contributed by atoms with Crippen LogP contribution in [0.2, 0.25) is 0 Å². The second-order valence-corrected chi connectivity index (χ2v) is 5.18. The van der Waals surface area contributed by atoms with E-state index in [0.717, 1.165) is 11.3 Å². The van der Waals surface area contributed by atoms with Crippen molar-refractivity contribution in [1.29, 1.82) is 0 Å². The van der Waals surface area contributed by atoms with Gasteiger partial charge in [0.15, 0.2) is 0 Å². The number of hydrogen-bond donors (Lipinski definition) is 1. The van der Waals surface area contributed by atoms with Gasteiger partial charge in [-0.05, 0) is 43.4 Å². The summed E-state index contributed by atoms with van der Waals surface area (Å²) in [6, 6.07) is 7.71. The summed E-state index contributed by atoms with van der Waals surface area (Å²) in [4.78, 5) is 4.47. The van der Waals surface area contributed by atoms with E-state index in [1.165, 1.54) is 12.8 Å². The van der Waals surface area contributed by atoms with Crippen LogP contribution in [0.15, 0.2) is 28.8 Å². The third kappa shape index (κ3) is 2.99. The number of nitrogens with zero attached hydrogens (tertiary/aromatic N) is 2. The Kier molecular flexibility index (Phi) is 3.69. The molecule has 5 nitrogen and oxygen atoms in total. The lowest BCUT2D eigenvalue weighted by Gasteiger charge is -2.10. The molecule has 0 radical (unpaired) electrons. The van der Waals surface area contributed by atoms with Crippen molar-refractivity contribution in [3.05, 3.63) is 41.5 Å². The van der Waals surface area contributed by atoms with Crippen LogP contribution >= 0.6 is 0 Å². The summed E-state index contributed by atoms with van der Waals surface area (Å²) in [5.74, 6) is 1.83. The summed E-state index contributed by atoms with van der Waals surface area (Å²) < 4.78 is 11.1. The molecule has 0 saturated heterocycles. The van der Waals surface area contributed by atoms with Gasteiger partial charge in [0.2, 0.25) is 11.7 Å². The van der Waals surface area contributed by atoms with Crippen molar-refractivity contribution in [2.75, 3.05) is 12.3 Å². The maximum Gasteiger partial charge on any atom is 0.231 e. The monoisotopic (exact) mass is 273 g/mol. The molecule has 1 fully saturated rings. The van der Waals surface area contributed by atoms with Crippen molar-refractivity contribution in [2.45, 2.75) is 32.3 Å². The lowest BCUT2D eigenvalue weighted by Crippen LogP contribution is -2.08. The summed E-state index contributed by atoms with van der Waals surface area (Å²) in [6.07, 6.45) is 2.95. The third-order valence-electron chi connectivity index (χ3n) is 3.44. The Morgan fingerprint density at radius 1 is 1.45 bits per heavy atom. The maximum absolute atomic E-state index is 5.77. The summed E-state index contributed by atoms with van der Waals surface area (Å²) in [7, 11) is 0. The average Bonchev–Trinajstić information content (AvgIpc) is 3.16. The molecule has 0 bridgehead atoms. The second kappa shape index (κ2) is 5.63. The van der Waals surface area contributed by atoms with Gasteiger partial charge >= 0.3 is 0 Å². The molecule has 0 spiro atoms. The molecule has 3 rings (SSSR count). The molecule has 2 N–H and O–H groups in total. The topological polar surface area (TPSA) is 74.2 Å². The predicted octanol–water partition coefficient (Wildman–Crippen LogP) is 2.73. The van der Waals surface area contributed by atoms with Gasteiger partial charge in [0.1, 0.15) is 6.10 Å². The summed E-state index contributed by atoms with van der Waals surface area (Å²) in [5.41, 5.74) is 7.58. The van der Waals surface area contributed by atoms with E-state index < -0.39 is 0 Å². The number of rotatable bonds is 6. The van der Waals surface area contributed by atoms with Crippen molar-refractivity contribution in [2.24, 2.45) is 5.92 Å². The van der Waals surface area contributed by atoms with E-state index in [1.54, 1.807) is 0 Å². The Morgan fingerprint density at radius 3 is 3.00 bits per heavy atom. The number of anilines is 1. The first-order valence-corrected chi connectivity index (χ1v) is 7.04. The SMILES string of the molecule is CCOC(c1noc(Cc2cccc(N)c2)n1)C1CC1. The van der Waals surface area contributed by atoms with Gasteiger partial charge in [-0.15, -0.1) is 0 Å². The van der Waals surface area contributed by atoms with Gasteiger partial charge in [-0.2, -0.15) is 4.98 Å². The average molecular weight is 273 g/mol. The van der Waals surface area contributed by atoms with Crippen LogP contribution in [0.4, 0.5) is 5.69 Å². The van der Waals surface area contributed by atoms with E-state index in [0.29, 0.717) is 30.7 Å². The molecule has 1 aromatic carbocycles. The molecule has 1 aromatic heterocycles. The summed E-state index contributed by atoms with van der Waals surface area (Å²) >= 11 is 0. The molecule has 2 aromatic rings. The maximum atomic E-state index is 5.77. The summed E-state index contributed by atoms with van der Waals surface area (Å²) in [6.45, 7) is 2.66. The molecule has 0 amide bonds. The van der Waals surface area contributed by atoms with Crippen LogP contribution < -0.4 is 5.73 Å². The number of nitrogen functional groups attached to an aromatic ring is 1. The van der Waals surface area contributed by atoms with Crippen LogP contribution in [0.3, 0.4) is 0 Å². The molecule has 1 atom stereocenters. The third-order valence-corrected chi connectivity index (χ3v) is 3.44. The minimum absolute atomic E-state index is 0.0154. The lowest BCUT2D eigenvalue weighted by molar-refractivity contribution is 0.0384. The fraction of sp³-hybridized carbons (Fsp3) is 0.467. The molecule has 0 aliphatic heterocycles. The van der Waals surface area contributed by atoms with E-state index in [9.17, 15) is 0 Å². The van der Waals surface area contributed by atoms with Crippen LogP contribution in [0, 0.1) is 5.92 Å². The van der Waals surface area contributed by atoms with E-state index in [1.807, 2.05) is 31.2 Å². The Morgan fingerprint density at radius 2 is 2.30 bits per heavy atom. The molecule has 5 heteroatoms. The molecule has 1 aliphatic rings. The zero-order valence-corrected chi connectivity index (χ0v) is 11.6. The highest BCUT2D eigenvalue weighted by Gasteiger charge is 2.36. The predicted molar refractivity (Wildman–Crippen MR) is 75.0 cm³/mol. The van der Waals surface area contributed by atoms with Crippen molar-refractivity contribution >= 4 is 5.69 Å². The Bertz CT molecular complexity index is 578. The highest BCUT2D eigenvalue weighted by Crippen LogP contribution is 2.42. The molecule has 106 valence electrons. The van der Waals surface area contributed by atoms with E-state index in [-0.39, 0.29) is 6.10 Å². The van der Waals surface area contributed by atoms with Crippen molar-refractivity contribution in [3.8, 4) is 0 Å². The van der Waals surface area contributed by atoms with Gasteiger partial charge in [0, 0.05) is 12.3 Å². The van der Waals surface area contributed by atoms with E-state index >= 15 is 0 Å². The normalized spacial score (nSPS) is 16.2. The number of nitrogens with two attached hydrogens (primary N) is 1. The van der Waals surface area contributed by atoms with Gasteiger partial charge in [0.25, 0.3) is 0 Å². The highest BCUT2D eigenvalue weighted by molar-refractivity contribution is 5.41. The van der Waals surface area contributed by atoms with Crippen LogP contribution in [0.1, 0.15) is 43.1 Å². The minimum Gasteiger partial charge on any atom is -0.399 e. The molecule has 1 aliphatic carbocycles. The van der Waals surface area contributed by atoms with Crippen LogP contribution in [-0.4, -0.2) is 16.7 Å². The zero-order chi connectivity index (χ0) is 13.9. The van der Waals surface area contributed by atoms with Gasteiger partial charge in [-0.25, -0.2) is 0 Å². The Balaban J connectivity index is 1.72. The summed E-state index contributed by atoms with van der Waals surface area (Å²) in [5, 5.41) is 4.07. The standard InChI is InChI=1S/C15H19N3O2/c1-2-19-14(11-6-7-11)15-17-13(20-18-15)9-10-4-3-5-12(16)8-10/h3-5,8,11,14H,2,6-7,9,16H2,1H3. The largest absolute Gasteiger partial charge is 0.399 e. The highest BCUT2D eigenvalue weighted by atomic mass is 16.5. The van der Waals surface area contributed by atoms with Gasteiger partial charge in [0.05, 0.1) is 6.42 Å². The van der Waals surface area contributed by atoms with Crippen molar-refractivity contribution in [1.82, 2.24) is 10.1 Å². The van der Waals surface area contributed by atoms with Gasteiger partial charge in [-0.3, -0.25) is 0 Å². The van der Waals surface area contributed by atoms with Gasteiger partial charge < -0.3 is 15.0 Å². The number of aromatic nitrogens is 2. The first-order chi connectivity index (χ1) is 9.76. The Hall–Kier alpha value is -1.88. The number of benzene rings is 1. The molecule has 1 heterocycles. The number of hydrogen-bond acceptors (Lipinski definition) is 5. The molecular formula is C15H19N3O2. The first kappa shape index (κ1) is 13.1. The van der Waals surface area contributed by atoms with Crippen LogP contribution in [-0.2, 0) is 11.2 Å². The lowest BCUT2D eigenvalue weighted by atomic mass is 10.1. The zero-order valence-electron chi connectivity index (χ0n) is 11.6. The fourth-order valence-corrected chi connectivity index (χ4v) is 2.33. The minimum atomic E-state index is -0.0154. The molecule has 1 unspecified atom stereocenters. The Labute approximate surface area is 118 Å². The van der Waals surface area contributed by atoms with E-state index in [2.05, 4.69) is 10.1 Å². The fourth-order valence-electron chi connectivity index (χ4n) is 2.33. The molecule has 1 saturated carbocycles. The smallest absolute Gasteiger partial charge is 0.231 e. The van der Waals surface area contributed by atoms with Crippen LogP contribution in [0.25, 0.3) is 0 Å². The van der Waals surface area contributed by atoms with Crippen LogP contribution in [0.5, 0.6) is 0 Å². The van der Waals surface area contributed by atoms with Crippen molar-refractivity contribution < 1.29 is 9.26 Å². The number of ether oxygens (including phenoxy) is 1. The molecule has 20 heavy (non-hydrogen) atoms. The quantitative estimate of drug-likeness (QED) is 0.819. The second-order valence-electron chi connectivity index (χ2n) is 5.18.